The van der Waals surface area contributed by atoms with Crippen molar-refractivity contribution in [1.29, 1.82) is 0 Å². The van der Waals surface area contributed by atoms with Gasteiger partial charge in [0.15, 0.2) is 0 Å². The van der Waals surface area contributed by atoms with Crippen LogP contribution in [0.2, 0.25) is 0 Å². The van der Waals surface area contributed by atoms with Crippen LogP contribution in [0.15, 0.2) is 206 Å². The number of fused-ring (bicyclic) bond motifs is 15. The predicted octanol–water partition coefficient (Wildman–Crippen LogP) is 17.6. The minimum Gasteiger partial charge on any atom is -0.310 e. The van der Waals surface area contributed by atoms with Crippen LogP contribution in [0.3, 0.4) is 0 Å². The van der Waals surface area contributed by atoms with Crippen molar-refractivity contribution in [2.24, 2.45) is 23.7 Å². The van der Waals surface area contributed by atoms with Crippen molar-refractivity contribution >= 4 is 38.9 Å². The van der Waals surface area contributed by atoms with Crippen molar-refractivity contribution in [2.45, 2.75) is 69.6 Å². The normalized spacial score (nSPS) is 22.4. The molecule has 1 aromatic heterocycles. The van der Waals surface area contributed by atoms with E-state index in [1.807, 2.05) is 0 Å². The van der Waals surface area contributed by atoms with Crippen molar-refractivity contribution in [2.75, 3.05) is 4.90 Å². The van der Waals surface area contributed by atoms with Crippen LogP contribution >= 0.6 is 0 Å². The lowest BCUT2D eigenvalue weighted by Crippen LogP contribution is -2.56. The van der Waals surface area contributed by atoms with Crippen molar-refractivity contribution < 1.29 is 0 Å². The summed E-state index contributed by atoms with van der Waals surface area (Å²) < 4.78 is 2.44. The van der Waals surface area contributed by atoms with E-state index in [1.165, 1.54) is 114 Å². The summed E-state index contributed by atoms with van der Waals surface area (Å²) in [5.41, 5.74) is 23.5. The monoisotopic (exact) mass is 914 g/mol. The third-order valence-corrected chi connectivity index (χ3v) is 18.6. The summed E-state index contributed by atoms with van der Waals surface area (Å²) in [6, 6.07) is 79.8. The molecule has 2 fully saturated rings. The second-order valence-corrected chi connectivity index (χ2v) is 22.7. The van der Waals surface area contributed by atoms with E-state index in [-0.39, 0.29) is 10.8 Å². The molecule has 5 aliphatic carbocycles. The van der Waals surface area contributed by atoms with Gasteiger partial charge in [0.05, 0.1) is 16.4 Å². The number of hydrogen-bond donors (Lipinski definition) is 0. The number of aromatic nitrogens is 1. The van der Waals surface area contributed by atoms with Gasteiger partial charge in [-0.25, -0.2) is 0 Å². The van der Waals surface area contributed by atoms with Crippen molar-refractivity contribution in [1.82, 2.24) is 4.57 Å². The number of nitrogens with zero attached hydrogens (tertiary/aromatic N) is 2. The maximum absolute atomic E-state index is 2.68. The zero-order chi connectivity index (χ0) is 47.4. The summed E-state index contributed by atoms with van der Waals surface area (Å²) in [5.74, 6) is 2.58. The van der Waals surface area contributed by atoms with Crippen molar-refractivity contribution in [3.05, 3.63) is 251 Å². The van der Waals surface area contributed by atoms with Crippen LogP contribution < -0.4 is 4.90 Å². The molecule has 9 aromatic carbocycles. The molecule has 0 amide bonds. The highest BCUT2D eigenvalue weighted by Gasteiger charge is 2.62. The molecule has 0 atom stereocenters. The standard InChI is InChI=1S/C69H58N2/c1-43-37-45-39-44(2)40-46(38-43)68(45)60-25-13-14-26-61(60)69(58-23-11-6-18-52(58)53-19-7-12-24-59(53)69)64-42-50(34-36-62(64)68)70(49-33-35-54-51-17-5-10-22-57(51)67(3,4)63(54)41-49)47-29-31-48(32-30-47)71-65-27-15-8-20-55(65)56-21-9-16-28-66(56)71/h5-36,41-46H,37-40H2,1-4H3/t43-,44+,45+,46-,68?. The molecule has 2 bridgehead atoms. The fourth-order valence-electron chi connectivity index (χ4n) is 16.1. The Morgan fingerprint density at radius 3 is 1.39 bits per heavy atom. The minimum absolute atomic E-state index is 0.0701. The molecular formula is C69H58N2. The van der Waals surface area contributed by atoms with E-state index in [0.29, 0.717) is 11.8 Å². The molecule has 2 heteroatoms. The Morgan fingerprint density at radius 2 is 0.803 bits per heavy atom. The second-order valence-electron chi connectivity index (χ2n) is 22.7. The van der Waals surface area contributed by atoms with Gasteiger partial charge in [-0.05, 0) is 177 Å². The van der Waals surface area contributed by atoms with E-state index in [2.05, 4.69) is 243 Å². The van der Waals surface area contributed by atoms with Gasteiger partial charge in [-0.3, -0.25) is 0 Å². The molecule has 15 rings (SSSR count). The second kappa shape index (κ2) is 14.8. The molecule has 10 aromatic rings. The average Bonchev–Trinajstić information content (AvgIpc) is 3.98. The Balaban J connectivity index is 1.01. The van der Waals surface area contributed by atoms with Crippen LogP contribution in [-0.4, -0.2) is 4.57 Å². The number of hydrogen-bond acceptors (Lipinski definition) is 1. The summed E-state index contributed by atoms with van der Waals surface area (Å²) in [5, 5.41) is 2.55. The Morgan fingerprint density at radius 1 is 0.380 bits per heavy atom. The zero-order valence-corrected chi connectivity index (χ0v) is 41.2. The molecule has 2 nitrogen and oxygen atoms in total. The van der Waals surface area contributed by atoms with E-state index in [1.54, 1.807) is 11.1 Å². The third-order valence-electron chi connectivity index (χ3n) is 18.6. The van der Waals surface area contributed by atoms with Gasteiger partial charge < -0.3 is 9.47 Å². The molecule has 71 heavy (non-hydrogen) atoms. The molecule has 344 valence electrons. The highest BCUT2D eigenvalue weighted by molar-refractivity contribution is 6.09. The maximum Gasteiger partial charge on any atom is 0.0720 e. The van der Waals surface area contributed by atoms with Crippen molar-refractivity contribution in [3.8, 4) is 27.9 Å². The number of rotatable bonds is 4. The van der Waals surface area contributed by atoms with Gasteiger partial charge in [-0.2, -0.15) is 0 Å². The van der Waals surface area contributed by atoms with Gasteiger partial charge in [-0.1, -0.05) is 173 Å². The van der Waals surface area contributed by atoms with E-state index in [9.17, 15) is 0 Å². The molecule has 2 spiro atoms. The summed E-state index contributed by atoms with van der Waals surface area (Å²) >= 11 is 0. The molecule has 2 saturated carbocycles. The van der Waals surface area contributed by atoms with Gasteiger partial charge in [0, 0.05) is 44.4 Å². The summed E-state index contributed by atoms with van der Waals surface area (Å²) in [6.07, 6.45) is 5.09. The Labute approximate surface area is 418 Å². The Hall–Kier alpha value is -7.42. The molecular weight excluding hydrogens is 857 g/mol. The average molecular weight is 915 g/mol. The fourth-order valence-corrected chi connectivity index (χ4v) is 16.1. The van der Waals surface area contributed by atoms with Gasteiger partial charge in [-0.15, -0.1) is 0 Å². The third kappa shape index (κ3) is 5.38. The van der Waals surface area contributed by atoms with Crippen molar-refractivity contribution in [3.63, 3.8) is 0 Å². The first-order valence-electron chi connectivity index (χ1n) is 26.4. The zero-order valence-electron chi connectivity index (χ0n) is 41.2. The van der Waals surface area contributed by atoms with Gasteiger partial charge in [0.25, 0.3) is 0 Å². The number of benzene rings is 9. The molecule has 1 heterocycles. The first-order chi connectivity index (χ1) is 34.8. The largest absolute Gasteiger partial charge is 0.310 e. The molecule has 0 unspecified atom stereocenters. The van der Waals surface area contributed by atoms with E-state index in [0.717, 1.165) is 23.2 Å². The summed E-state index contributed by atoms with van der Waals surface area (Å²) in [6.45, 7) is 9.88. The van der Waals surface area contributed by atoms with Crippen LogP contribution in [0.1, 0.15) is 97.9 Å². The van der Waals surface area contributed by atoms with E-state index in [4.69, 9.17) is 0 Å². The lowest BCUT2D eigenvalue weighted by Gasteiger charge is -2.61. The van der Waals surface area contributed by atoms with Gasteiger partial charge >= 0.3 is 0 Å². The highest BCUT2D eigenvalue weighted by atomic mass is 15.1. The van der Waals surface area contributed by atoms with Crippen LogP contribution in [0.25, 0.3) is 49.7 Å². The topological polar surface area (TPSA) is 8.17 Å². The Kier molecular flexibility index (Phi) is 8.63. The lowest BCUT2D eigenvalue weighted by molar-refractivity contribution is 0.0238. The molecule has 0 radical (unpaired) electrons. The van der Waals surface area contributed by atoms with Crippen LogP contribution in [-0.2, 0) is 16.2 Å². The molecule has 0 aliphatic heterocycles. The van der Waals surface area contributed by atoms with Crippen LogP contribution in [0.5, 0.6) is 0 Å². The fraction of sp³-hybridized carbons (Fsp3) is 0.217. The first kappa shape index (κ1) is 41.4. The summed E-state index contributed by atoms with van der Waals surface area (Å²) in [7, 11) is 0. The SMILES string of the molecule is CC1(C)c2ccccc2-c2ccc(N(c3ccc(-n4c5ccccc5c5ccccc54)cc3)c3ccc4c(c3)C3(c5ccccc5-c5ccccc53)c3ccccc3C43[C@H]4C[C@@H](C)C[C@@H]3C[C@@H](C)C4)cc21. The predicted molar refractivity (Wildman–Crippen MR) is 295 cm³/mol. The number of para-hydroxylation sites is 2. The smallest absolute Gasteiger partial charge is 0.0720 e. The summed E-state index contributed by atoms with van der Waals surface area (Å²) in [4.78, 5) is 2.58. The minimum atomic E-state index is -0.489. The van der Waals surface area contributed by atoms with E-state index < -0.39 is 5.41 Å². The van der Waals surface area contributed by atoms with Gasteiger partial charge in [0.2, 0.25) is 0 Å². The first-order valence-corrected chi connectivity index (χ1v) is 26.4. The molecule has 0 N–H and O–H groups in total. The van der Waals surface area contributed by atoms with Crippen LogP contribution in [0.4, 0.5) is 17.1 Å². The van der Waals surface area contributed by atoms with Gasteiger partial charge in [0.1, 0.15) is 0 Å². The Bertz CT molecular complexity index is 3700. The number of anilines is 3. The van der Waals surface area contributed by atoms with E-state index >= 15 is 0 Å². The maximum atomic E-state index is 2.68. The van der Waals surface area contributed by atoms with Crippen LogP contribution in [0, 0.1) is 23.7 Å². The lowest BCUT2D eigenvalue weighted by atomic mass is 9.41. The molecule has 5 aliphatic rings. The quantitative estimate of drug-likeness (QED) is 0.171. The highest BCUT2D eigenvalue weighted by Crippen LogP contribution is 2.69. The molecule has 0 saturated heterocycles.